The van der Waals surface area contributed by atoms with Crippen LogP contribution in [0.4, 0.5) is 11.8 Å². The SMILES string of the molecule is CNc1nc(N2CCC(C)(O)C2)nc2ccccc12. The fraction of sp³-hybridized carbons (Fsp3) is 0.429. The van der Waals surface area contributed by atoms with Gasteiger partial charge in [0.25, 0.3) is 0 Å². The molecule has 19 heavy (non-hydrogen) atoms. The van der Waals surface area contributed by atoms with Crippen LogP contribution >= 0.6 is 0 Å². The molecular formula is C14H18N4O. The molecular weight excluding hydrogens is 240 g/mol. The summed E-state index contributed by atoms with van der Waals surface area (Å²) >= 11 is 0. The molecule has 1 aliphatic rings. The Hall–Kier alpha value is -1.88. The van der Waals surface area contributed by atoms with Crippen LogP contribution in [0.25, 0.3) is 10.9 Å². The minimum absolute atomic E-state index is 0.578. The summed E-state index contributed by atoms with van der Waals surface area (Å²) in [6.07, 6.45) is 0.748. The molecule has 1 aromatic carbocycles. The number of rotatable bonds is 2. The normalized spacial score (nSPS) is 23.0. The zero-order chi connectivity index (χ0) is 13.5. The zero-order valence-electron chi connectivity index (χ0n) is 11.2. The van der Waals surface area contributed by atoms with E-state index in [1.54, 1.807) is 0 Å². The average molecular weight is 258 g/mol. The molecule has 1 saturated heterocycles. The van der Waals surface area contributed by atoms with Crippen molar-refractivity contribution in [2.75, 3.05) is 30.4 Å². The van der Waals surface area contributed by atoms with Gasteiger partial charge in [-0.3, -0.25) is 0 Å². The molecule has 100 valence electrons. The molecule has 1 fully saturated rings. The van der Waals surface area contributed by atoms with Gasteiger partial charge < -0.3 is 15.3 Å². The highest BCUT2D eigenvalue weighted by atomic mass is 16.3. The molecule has 2 aromatic rings. The molecule has 0 bridgehead atoms. The molecule has 0 aliphatic carbocycles. The first-order valence-corrected chi connectivity index (χ1v) is 6.51. The number of benzene rings is 1. The van der Waals surface area contributed by atoms with Crippen LogP contribution in [0, 0.1) is 0 Å². The summed E-state index contributed by atoms with van der Waals surface area (Å²) in [5.41, 5.74) is 0.276. The molecule has 0 radical (unpaired) electrons. The molecule has 3 rings (SSSR count). The smallest absolute Gasteiger partial charge is 0.227 e. The summed E-state index contributed by atoms with van der Waals surface area (Å²) in [7, 11) is 1.86. The number of para-hydroxylation sites is 1. The van der Waals surface area contributed by atoms with E-state index in [0.29, 0.717) is 12.5 Å². The van der Waals surface area contributed by atoms with Crippen molar-refractivity contribution >= 4 is 22.7 Å². The van der Waals surface area contributed by atoms with Crippen molar-refractivity contribution in [2.45, 2.75) is 18.9 Å². The number of hydrogen-bond acceptors (Lipinski definition) is 5. The Bertz CT molecular complexity index is 611. The van der Waals surface area contributed by atoms with Crippen molar-refractivity contribution in [1.82, 2.24) is 9.97 Å². The van der Waals surface area contributed by atoms with Crippen LogP contribution in [-0.4, -0.2) is 40.8 Å². The third kappa shape index (κ3) is 2.21. The third-order valence-electron chi connectivity index (χ3n) is 3.56. The molecule has 0 spiro atoms. The van der Waals surface area contributed by atoms with E-state index in [-0.39, 0.29) is 0 Å². The van der Waals surface area contributed by atoms with Gasteiger partial charge in [-0.1, -0.05) is 12.1 Å². The highest BCUT2D eigenvalue weighted by molar-refractivity contribution is 5.89. The zero-order valence-corrected chi connectivity index (χ0v) is 11.2. The van der Waals surface area contributed by atoms with Crippen molar-refractivity contribution in [3.05, 3.63) is 24.3 Å². The summed E-state index contributed by atoms with van der Waals surface area (Å²) in [4.78, 5) is 11.2. The lowest BCUT2D eigenvalue weighted by Crippen LogP contribution is -2.30. The molecule has 5 heteroatoms. The molecule has 5 nitrogen and oxygen atoms in total. The van der Waals surface area contributed by atoms with E-state index in [9.17, 15) is 5.11 Å². The molecule has 1 aromatic heterocycles. The predicted octanol–water partition coefficient (Wildman–Crippen LogP) is 1.63. The Morgan fingerprint density at radius 1 is 1.32 bits per heavy atom. The fourth-order valence-corrected chi connectivity index (χ4v) is 2.51. The summed E-state index contributed by atoms with van der Waals surface area (Å²) in [5.74, 6) is 1.51. The minimum Gasteiger partial charge on any atom is -0.388 e. The highest BCUT2D eigenvalue weighted by Crippen LogP contribution is 2.27. The van der Waals surface area contributed by atoms with E-state index in [4.69, 9.17) is 0 Å². The second-order valence-corrected chi connectivity index (χ2v) is 5.31. The van der Waals surface area contributed by atoms with Crippen molar-refractivity contribution < 1.29 is 5.11 Å². The van der Waals surface area contributed by atoms with Crippen molar-refractivity contribution in [3.63, 3.8) is 0 Å². The molecule has 1 atom stereocenters. The van der Waals surface area contributed by atoms with Gasteiger partial charge in [0.1, 0.15) is 5.82 Å². The molecule has 0 saturated carbocycles. The lowest BCUT2D eigenvalue weighted by atomic mass is 10.1. The number of β-amino-alcohol motifs (C(OH)–C–C–N with tert-alkyl or cyclic N) is 1. The van der Waals surface area contributed by atoms with Crippen molar-refractivity contribution in [1.29, 1.82) is 0 Å². The van der Waals surface area contributed by atoms with E-state index >= 15 is 0 Å². The van der Waals surface area contributed by atoms with Gasteiger partial charge in [0.05, 0.1) is 11.1 Å². The monoisotopic (exact) mass is 258 g/mol. The molecule has 2 heterocycles. The molecule has 1 aliphatic heterocycles. The maximum absolute atomic E-state index is 10.1. The van der Waals surface area contributed by atoms with Gasteiger partial charge in [-0.05, 0) is 25.5 Å². The fourth-order valence-electron chi connectivity index (χ4n) is 2.51. The van der Waals surface area contributed by atoms with E-state index in [1.165, 1.54) is 0 Å². The predicted molar refractivity (Wildman–Crippen MR) is 76.5 cm³/mol. The van der Waals surface area contributed by atoms with E-state index < -0.39 is 5.60 Å². The number of anilines is 2. The average Bonchev–Trinajstić information content (AvgIpc) is 2.78. The number of nitrogens with zero attached hydrogens (tertiary/aromatic N) is 3. The topological polar surface area (TPSA) is 61.3 Å². The van der Waals surface area contributed by atoms with Gasteiger partial charge in [-0.25, -0.2) is 4.98 Å². The molecule has 1 unspecified atom stereocenters. The molecule has 2 N–H and O–H groups in total. The molecule has 0 amide bonds. The first-order chi connectivity index (χ1) is 9.09. The number of aromatic nitrogens is 2. The van der Waals surface area contributed by atoms with Gasteiger partial charge in [-0.15, -0.1) is 0 Å². The van der Waals surface area contributed by atoms with Gasteiger partial charge in [-0.2, -0.15) is 4.98 Å². The number of fused-ring (bicyclic) bond motifs is 1. The van der Waals surface area contributed by atoms with Gasteiger partial charge in [0.15, 0.2) is 0 Å². The Labute approximate surface area is 112 Å². The maximum atomic E-state index is 10.1. The van der Waals surface area contributed by atoms with E-state index in [1.807, 2.05) is 43.1 Å². The van der Waals surface area contributed by atoms with Crippen LogP contribution < -0.4 is 10.2 Å². The summed E-state index contributed by atoms with van der Waals surface area (Å²) in [6.45, 7) is 3.22. The van der Waals surface area contributed by atoms with Gasteiger partial charge >= 0.3 is 0 Å². The Morgan fingerprint density at radius 3 is 2.79 bits per heavy atom. The lowest BCUT2D eigenvalue weighted by molar-refractivity contribution is 0.0838. The number of nitrogens with one attached hydrogen (secondary N) is 1. The van der Waals surface area contributed by atoms with Gasteiger partial charge in [0, 0.05) is 25.5 Å². The Morgan fingerprint density at radius 2 is 2.11 bits per heavy atom. The summed E-state index contributed by atoms with van der Waals surface area (Å²) < 4.78 is 0. The van der Waals surface area contributed by atoms with Crippen LogP contribution in [-0.2, 0) is 0 Å². The third-order valence-corrected chi connectivity index (χ3v) is 3.56. The standard InChI is InChI=1S/C14H18N4O/c1-14(19)7-8-18(9-14)13-16-11-6-4-3-5-10(11)12(15-2)17-13/h3-6,19H,7-9H2,1-2H3,(H,15,16,17). The Kier molecular flexibility index (Phi) is 2.78. The van der Waals surface area contributed by atoms with Crippen molar-refractivity contribution in [2.24, 2.45) is 0 Å². The van der Waals surface area contributed by atoms with Gasteiger partial charge in [0.2, 0.25) is 5.95 Å². The number of aliphatic hydroxyl groups is 1. The highest BCUT2D eigenvalue weighted by Gasteiger charge is 2.32. The van der Waals surface area contributed by atoms with Crippen LogP contribution in [0.15, 0.2) is 24.3 Å². The quantitative estimate of drug-likeness (QED) is 0.857. The first kappa shape index (κ1) is 12.2. The van der Waals surface area contributed by atoms with Crippen LogP contribution in [0.3, 0.4) is 0 Å². The summed E-state index contributed by atoms with van der Waals surface area (Å²) in [6, 6.07) is 7.94. The van der Waals surface area contributed by atoms with Crippen LogP contribution in [0.2, 0.25) is 0 Å². The lowest BCUT2D eigenvalue weighted by Gasteiger charge is -2.20. The maximum Gasteiger partial charge on any atom is 0.227 e. The number of hydrogen-bond donors (Lipinski definition) is 2. The Balaban J connectivity index is 2.05. The van der Waals surface area contributed by atoms with Crippen molar-refractivity contribution in [3.8, 4) is 0 Å². The van der Waals surface area contributed by atoms with E-state index in [2.05, 4.69) is 15.3 Å². The van der Waals surface area contributed by atoms with Crippen LogP contribution in [0.5, 0.6) is 0 Å². The largest absolute Gasteiger partial charge is 0.388 e. The second-order valence-electron chi connectivity index (χ2n) is 5.31. The second kappa shape index (κ2) is 4.35. The summed E-state index contributed by atoms with van der Waals surface area (Å²) in [5, 5.41) is 14.2. The van der Waals surface area contributed by atoms with E-state index in [0.717, 1.165) is 29.7 Å². The minimum atomic E-state index is -0.644. The van der Waals surface area contributed by atoms with Crippen LogP contribution in [0.1, 0.15) is 13.3 Å². The first-order valence-electron chi connectivity index (χ1n) is 6.51.